The second-order valence-corrected chi connectivity index (χ2v) is 4.78. The van der Waals surface area contributed by atoms with Gasteiger partial charge in [0, 0.05) is 12.1 Å². The lowest BCUT2D eigenvalue weighted by molar-refractivity contribution is 0.112. The lowest BCUT2D eigenvalue weighted by Crippen LogP contribution is -2.21. The van der Waals surface area contributed by atoms with Crippen molar-refractivity contribution in [3.8, 4) is 11.5 Å². The minimum absolute atomic E-state index is 0.101. The molecular weight excluding hydrogens is 242 g/mol. The maximum Gasteiger partial charge on any atom is 0.161 e. The first-order valence-electron chi connectivity index (χ1n) is 6.60. The van der Waals surface area contributed by atoms with E-state index in [-0.39, 0.29) is 6.10 Å². The summed E-state index contributed by atoms with van der Waals surface area (Å²) in [4.78, 5) is 12.9. The van der Waals surface area contributed by atoms with E-state index >= 15 is 0 Å². The van der Waals surface area contributed by atoms with Crippen LogP contribution in [0.15, 0.2) is 18.2 Å². The van der Waals surface area contributed by atoms with Gasteiger partial charge in [-0.1, -0.05) is 0 Å². The molecule has 0 spiro atoms. The van der Waals surface area contributed by atoms with Crippen LogP contribution in [0, 0.1) is 0 Å². The molecule has 19 heavy (non-hydrogen) atoms. The van der Waals surface area contributed by atoms with Crippen LogP contribution in [-0.4, -0.2) is 44.5 Å². The Bertz CT molecular complexity index is 404. The number of benzene rings is 1. The maximum atomic E-state index is 10.8. The van der Waals surface area contributed by atoms with Gasteiger partial charge in [0.05, 0.1) is 12.7 Å². The molecule has 4 heteroatoms. The van der Waals surface area contributed by atoms with Gasteiger partial charge in [-0.05, 0) is 52.6 Å². The molecule has 0 radical (unpaired) electrons. The normalized spacial score (nSPS) is 12.3. The summed E-state index contributed by atoms with van der Waals surface area (Å²) in [5.74, 6) is 1.32. The third-order valence-corrected chi connectivity index (χ3v) is 2.71. The van der Waals surface area contributed by atoms with E-state index in [1.807, 2.05) is 27.9 Å². The second-order valence-electron chi connectivity index (χ2n) is 4.78. The molecule has 1 unspecified atom stereocenters. The first-order valence-corrected chi connectivity index (χ1v) is 6.60. The van der Waals surface area contributed by atoms with E-state index in [1.54, 1.807) is 18.2 Å². The Kier molecular flexibility index (Phi) is 6.36. The zero-order chi connectivity index (χ0) is 14.3. The summed E-state index contributed by atoms with van der Waals surface area (Å²) in [6.07, 6.45) is 1.85. The van der Waals surface area contributed by atoms with Crippen LogP contribution in [0.4, 0.5) is 0 Å². The van der Waals surface area contributed by atoms with E-state index in [0.29, 0.717) is 23.7 Å². The Labute approximate surface area is 115 Å². The van der Waals surface area contributed by atoms with Crippen molar-refractivity contribution >= 4 is 6.29 Å². The maximum absolute atomic E-state index is 10.8. The molecule has 1 rings (SSSR count). The minimum Gasteiger partial charge on any atom is -0.490 e. The molecule has 0 aliphatic heterocycles. The molecule has 0 aliphatic carbocycles. The molecule has 0 saturated heterocycles. The van der Waals surface area contributed by atoms with Crippen molar-refractivity contribution in [3.05, 3.63) is 23.8 Å². The number of carbonyl (C=O) groups excluding carboxylic acids is 1. The Morgan fingerprint density at radius 2 is 2.05 bits per heavy atom. The first kappa shape index (κ1) is 15.5. The summed E-state index contributed by atoms with van der Waals surface area (Å²) in [5, 5.41) is 0. The summed E-state index contributed by atoms with van der Waals surface area (Å²) in [6.45, 7) is 5.46. The fourth-order valence-corrected chi connectivity index (χ4v) is 1.68. The van der Waals surface area contributed by atoms with Crippen LogP contribution in [0.25, 0.3) is 0 Å². The van der Waals surface area contributed by atoms with Crippen LogP contribution in [0.1, 0.15) is 30.6 Å². The van der Waals surface area contributed by atoms with Crippen molar-refractivity contribution < 1.29 is 14.3 Å². The second kappa shape index (κ2) is 7.79. The van der Waals surface area contributed by atoms with Crippen molar-refractivity contribution in [1.29, 1.82) is 0 Å². The minimum atomic E-state index is 0.101. The highest BCUT2D eigenvalue weighted by atomic mass is 16.5. The highest BCUT2D eigenvalue weighted by Crippen LogP contribution is 2.29. The van der Waals surface area contributed by atoms with Crippen molar-refractivity contribution in [1.82, 2.24) is 4.90 Å². The lowest BCUT2D eigenvalue weighted by Gasteiger charge is -2.19. The summed E-state index contributed by atoms with van der Waals surface area (Å²) >= 11 is 0. The topological polar surface area (TPSA) is 38.8 Å². The molecule has 1 aromatic rings. The van der Waals surface area contributed by atoms with E-state index in [9.17, 15) is 4.79 Å². The molecule has 1 aromatic carbocycles. The molecule has 106 valence electrons. The molecule has 0 heterocycles. The van der Waals surface area contributed by atoms with Gasteiger partial charge in [-0.3, -0.25) is 4.79 Å². The molecule has 1 atom stereocenters. The molecule has 4 nitrogen and oxygen atoms in total. The third kappa shape index (κ3) is 5.30. The summed E-state index contributed by atoms with van der Waals surface area (Å²) in [7, 11) is 4.08. The predicted octanol–water partition coefficient (Wildman–Crippen LogP) is 2.62. The van der Waals surface area contributed by atoms with E-state index in [4.69, 9.17) is 9.47 Å². The van der Waals surface area contributed by atoms with Crippen molar-refractivity contribution in [2.45, 2.75) is 26.4 Å². The van der Waals surface area contributed by atoms with Gasteiger partial charge in [0.25, 0.3) is 0 Å². The smallest absolute Gasteiger partial charge is 0.161 e. The fraction of sp³-hybridized carbons (Fsp3) is 0.533. The molecule has 0 aliphatic rings. The summed E-state index contributed by atoms with van der Waals surface area (Å²) in [6, 6.07) is 5.24. The Balaban J connectivity index is 2.72. The van der Waals surface area contributed by atoms with Gasteiger partial charge in [0.1, 0.15) is 6.29 Å². The average molecular weight is 265 g/mol. The molecule has 0 bridgehead atoms. The lowest BCUT2D eigenvalue weighted by atomic mass is 10.2. The largest absolute Gasteiger partial charge is 0.490 e. The van der Waals surface area contributed by atoms with Crippen LogP contribution >= 0.6 is 0 Å². The molecule has 0 fully saturated rings. The molecule has 0 aromatic heterocycles. The van der Waals surface area contributed by atoms with Gasteiger partial charge < -0.3 is 14.4 Å². The van der Waals surface area contributed by atoms with Gasteiger partial charge in [-0.2, -0.15) is 0 Å². The number of nitrogens with zero attached hydrogens (tertiary/aromatic N) is 1. The standard InChI is InChI=1S/C15H23NO3/c1-5-18-15-10-13(11-17)6-7-14(15)19-12(2)8-9-16(3)4/h6-7,10-12H,5,8-9H2,1-4H3. The SMILES string of the molecule is CCOc1cc(C=O)ccc1OC(C)CCN(C)C. The van der Waals surface area contributed by atoms with E-state index in [2.05, 4.69) is 4.90 Å². The summed E-state index contributed by atoms with van der Waals surface area (Å²) < 4.78 is 11.4. The quantitative estimate of drug-likeness (QED) is 0.677. The number of hydrogen-bond acceptors (Lipinski definition) is 4. The Morgan fingerprint density at radius 1 is 1.32 bits per heavy atom. The van der Waals surface area contributed by atoms with Crippen LogP contribution in [0.5, 0.6) is 11.5 Å². The van der Waals surface area contributed by atoms with E-state index in [1.165, 1.54) is 0 Å². The van der Waals surface area contributed by atoms with Gasteiger partial charge in [-0.15, -0.1) is 0 Å². The van der Waals surface area contributed by atoms with Gasteiger partial charge in [0.15, 0.2) is 11.5 Å². The van der Waals surface area contributed by atoms with Crippen molar-refractivity contribution in [2.75, 3.05) is 27.2 Å². The highest BCUT2D eigenvalue weighted by molar-refractivity contribution is 5.76. The molecule has 0 N–H and O–H groups in total. The Hall–Kier alpha value is -1.55. The van der Waals surface area contributed by atoms with Crippen LogP contribution in [-0.2, 0) is 0 Å². The predicted molar refractivity (Wildman–Crippen MR) is 76.3 cm³/mol. The molecular formula is C15H23NO3. The molecule has 0 amide bonds. The van der Waals surface area contributed by atoms with Crippen molar-refractivity contribution in [2.24, 2.45) is 0 Å². The number of rotatable bonds is 8. The van der Waals surface area contributed by atoms with Crippen LogP contribution in [0.2, 0.25) is 0 Å². The van der Waals surface area contributed by atoms with Gasteiger partial charge in [-0.25, -0.2) is 0 Å². The number of ether oxygens (including phenoxy) is 2. The monoisotopic (exact) mass is 265 g/mol. The van der Waals surface area contributed by atoms with E-state index in [0.717, 1.165) is 19.3 Å². The zero-order valence-electron chi connectivity index (χ0n) is 12.2. The summed E-state index contributed by atoms with van der Waals surface area (Å²) in [5.41, 5.74) is 0.594. The van der Waals surface area contributed by atoms with Crippen molar-refractivity contribution in [3.63, 3.8) is 0 Å². The van der Waals surface area contributed by atoms with Crippen LogP contribution < -0.4 is 9.47 Å². The first-order chi connectivity index (χ1) is 9.06. The average Bonchev–Trinajstić information content (AvgIpc) is 2.38. The number of carbonyl (C=O) groups is 1. The Morgan fingerprint density at radius 3 is 2.63 bits per heavy atom. The highest BCUT2D eigenvalue weighted by Gasteiger charge is 2.10. The third-order valence-electron chi connectivity index (χ3n) is 2.71. The fourth-order valence-electron chi connectivity index (χ4n) is 1.68. The van der Waals surface area contributed by atoms with Gasteiger partial charge in [0.2, 0.25) is 0 Å². The number of aldehydes is 1. The number of hydrogen-bond donors (Lipinski definition) is 0. The van der Waals surface area contributed by atoms with Gasteiger partial charge >= 0.3 is 0 Å². The van der Waals surface area contributed by atoms with E-state index < -0.39 is 0 Å². The molecule has 0 saturated carbocycles. The van der Waals surface area contributed by atoms with Crippen LogP contribution in [0.3, 0.4) is 0 Å². The zero-order valence-corrected chi connectivity index (χ0v) is 12.2.